The zero-order chi connectivity index (χ0) is 15.2. The highest BCUT2D eigenvalue weighted by Crippen LogP contribution is 2.09. The lowest BCUT2D eigenvalue weighted by molar-refractivity contribution is 0.0952. The summed E-state index contributed by atoms with van der Waals surface area (Å²) in [6.07, 6.45) is 0. The normalized spacial score (nSPS) is 10.6. The summed E-state index contributed by atoms with van der Waals surface area (Å²) >= 11 is 0. The molecule has 0 saturated heterocycles. The van der Waals surface area contributed by atoms with Crippen molar-refractivity contribution in [1.29, 1.82) is 0 Å². The van der Waals surface area contributed by atoms with Gasteiger partial charge in [0.2, 0.25) is 10.0 Å². The number of hydrogen-bond donors (Lipinski definition) is 3. The average Bonchev–Trinajstić information content (AvgIpc) is 2.34. The van der Waals surface area contributed by atoms with E-state index in [1.54, 1.807) is 0 Å². The van der Waals surface area contributed by atoms with Gasteiger partial charge in [-0.2, -0.15) is 0 Å². The molecule has 0 atom stereocenters. The van der Waals surface area contributed by atoms with Crippen LogP contribution in [0, 0.1) is 17.7 Å². The van der Waals surface area contributed by atoms with Gasteiger partial charge in [-0.3, -0.25) is 4.79 Å². The number of benzene rings is 1. The van der Waals surface area contributed by atoms with Gasteiger partial charge in [-0.25, -0.2) is 17.9 Å². The predicted octanol–water partition coefficient (Wildman–Crippen LogP) is -0.846. The minimum absolute atomic E-state index is 0.150. The molecule has 0 saturated carbocycles. The zero-order valence-electron chi connectivity index (χ0n) is 10.5. The molecule has 0 spiro atoms. The highest BCUT2D eigenvalue weighted by Gasteiger charge is 2.12. The van der Waals surface area contributed by atoms with Crippen molar-refractivity contribution >= 4 is 15.9 Å². The Morgan fingerprint density at radius 2 is 2.10 bits per heavy atom. The number of carbonyl (C=O) groups excluding carboxylic acids is 1. The molecule has 0 heterocycles. The fourth-order valence-electron chi connectivity index (χ4n) is 1.33. The van der Waals surface area contributed by atoms with Crippen LogP contribution in [0.3, 0.4) is 0 Å². The number of nitrogens with two attached hydrogens (primary N) is 2. The van der Waals surface area contributed by atoms with Crippen LogP contribution in [0.5, 0.6) is 0 Å². The maximum atomic E-state index is 13.7. The number of amides is 1. The van der Waals surface area contributed by atoms with E-state index in [0.717, 1.165) is 6.07 Å². The van der Waals surface area contributed by atoms with Crippen LogP contribution in [-0.4, -0.2) is 33.2 Å². The quantitative estimate of drug-likeness (QED) is 0.628. The van der Waals surface area contributed by atoms with Gasteiger partial charge in [-0.1, -0.05) is 11.8 Å². The second-order valence-electron chi connectivity index (χ2n) is 3.82. The van der Waals surface area contributed by atoms with Crippen LogP contribution in [0.25, 0.3) is 0 Å². The fourth-order valence-corrected chi connectivity index (χ4v) is 1.72. The van der Waals surface area contributed by atoms with Crippen LogP contribution < -0.4 is 16.2 Å². The topological polar surface area (TPSA) is 115 Å². The van der Waals surface area contributed by atoms with Crippen molar-refractivity contribution in [3.8, 4) is 11.8 Å². The number of nitrogens with one attached hydrogen (secondary N) is 1. The third kappa shape index (κ3) is 5.36. The minimum atomic E-state index is -3.67. The summed E-state index contributed by atoms with van der Waals surface area (Å²) < 4.78 is 35.1. The molecular weight excluding hydrogens is 285 g/mol. The van der Waals surface area contributed by atoms with E-state index in [2.05, 4.69) is 17.2 Å². The molecule has 0 radical (unpaired) electrons. The van der Waals surface area contributed by atoms with E-state index in [9.17, 15) is 17.6 Å². The van der Waals surface area contributed by atoms with Crippen LogP contribution >= 0.6 is 0 Å². The van der Waals surface area contributed by atoms with Crippen molar-refractivity contribution in [3.05, 3.63) is 35.1 Å². The summed E-state index contributed by atoms with van der Waals surface area (Å²) in [7, 11) is -3.67. The molecular formula is C12H14FN3O3S. The molecule has 1 aromatic carbocycles. The SMILES string of the molecule is NCC#Cc1ccc(C(=O)NCCS(N)(=O)=O)c(F)c1. The van der Waals surface area contributed by atoms with Crippen molar-refractivity contribution in [1.82, 2.24) is 5.32 Å². The fraction of sp³-hybridized carbons (Fsp3) is 0.250. The van der Waals surface area contributed by atoms with Gasteiger partial charge in [0, 0.05) is 12.1 Å². The molecule has 1 aromatic rings. The smallest absolute Gasteiger partial charge is 0.254 e. The molecule has 0 aliphatic carbocycles. The molecule has 108 valence electrons. The van der Waals surface area contributed by atoms with Gasteiger partial charge in [0.25, 0.3) is 5.91 Å². The Kier molecular flexibility index (Phi) is 5.64. The maximum Gasteiger partial charge on any atom is 0.254 e. The van der Waals surface area contributed by atoms with Gasteiger partial charge in [-0.05, 0) is 18.2 Å². The summed E-state index contributed by atoms with van der Waals surface area (Å²) in [6, 6.07) is 3.85. The minimum Gasteiger partial charge on any atom is -0.351 e. The van der Waals surface area contributed by atoms with Gasteiger partial charge in [0.05, 0.1) is 17.9 Å². The summed E-state index contributed by atoms with van der Waals surface area (Å²) in [5, 5.41) is 7.04. The van der Waals surface area contributed by atoms with Crippen LogP contribution in [-0.2, 0) is 10.0 Å². The van der Waals surface area contributed by atoms with Gasteiger partial charge in [0.15, 0.2) is 0 Å². The molecule has 0 aliphatic rings. The summed E-state index contributed by atoms with van der Waals surface area (Å²) in [5.41, 5.74) is 5.39. The molecule has 0 bridgehead atoms. The van der Waals surface area contributed by atoms with E-state index in [1.807, 2.05) is 0 Å². The number of sulfonamides is 1. The molecule has 1 amide bonds. The molecule has 0 fully saturated rings. The van der Waals surface area contributed by atoms with Gasteiger partial charge < -0.3 is 11.1 Å². The Bertz CT molecular complexity index is 662. The van der Waals surface area contributed by atoms with Crippen LogP contribution in [0.2, 0.25) is 0 Å². The number of halogens is 1. The summed E-state index contributed by atoms with van der Waals surface area (Å²) in [5.74, 6) is 3.31. The lowest BCUT2D eigenvalue weighted by Gasteiger charge is -2.05. The van der Waals surface area contributed by atoms with Gasteiger partial charge in [0.1, 0.15) is 5.82 Å². The van der Waals surface area contributed by atoms with E-state index in [1.165, 1.54) is 12.1 Å². The molecule has 5 N–H and O–H groups in total. The summed E-state index contributed by atoms with van der Waals surface area (Å²) in [6.45, 7) is -0.0384. The second-order valence-corrected chi connectivity index (χ2v) is 5.56. The number of primary sulfonamides is 1. The molecule has 20 heavy (non-hydrogen) atoms. The molecule has 6 nitrogen and oxygen atoms in total. The first-order chi connectivity index (χ1) is 9.33. The third-order valence-corrected chi connectivity index (χ3v) is 2.99. The van der Waals surface area contributed by atoms with Crippen LogP contribution in [0.15, 0.2) is 18.2 Å². The van der Waals surface area contributed by atoms with Crippen molar-refractivity contribution in [2.45, 2.75) is 0 Å². The largest absolute Gasteiger partial charge is 0.351 e. The van der Waals surface area contributed by atoms with Gasteiger partial charge in [-0.15, -0.1) is 0 Å². The Balaban J connectivity index is 2.74. The van der Waals surface area contributed by atoms with Crippen molar-refractivity contribution in [3.63, 3.8) is 0 Å². The Morgan fingerprint density at radius 3 is 2.65 bits per heavy atom. The molecule has 0 unspecified atom stereocenters. The van der Waals surface area contributed by atoms with Crippen LogP contribution in [0.4, 0.5) is 4.39 Å². The zero-order valence-corrected chi connectivity index (χ0v) is 11.3. The Morgan fingerprint density at radius 1 is 1.40 bits per heavy atom. The predicted molar refractivity (Wildman–Crippen MR) is 72.6 cm³/mol. The van der Waals surface area contributed by atoms with Gasteiger partial charge >= 0.3 is 0 Å². The van der Waals surface area contributed by atoms with Crippen molar-refractivity contribution in [2.24, 2.45) is 10.9 Å². The number of carbonyl (C=O) groups is 1. The summed E-state index contributed by atoms with van der Waals surface area (Å²) in [4.78, 5) is 11.6. The van der Waals surface area contributed by atoms with E-state index in [-0.39, 0.29) is 18.7 Å². The number of rotatable bonds is 4. The highest BCUT2D eigenvalue weighted by molar-refractivity contribution is 7.89. The molecule has 0 aliphatic heterocycles. The maximum absolute atomic E-state index is 13.7. The lowest BCUT2D eigenvalue weighted by atomic mass is 10.1. The van der Waals surface area contributed by atoms with Crippen molar-refractivity contribution < 1.29 is 17.6 Å². The van der Waals surface area contributed by atoms with E-state index < -0.39 is 27.5 Å². The first kappa shape index (κ1) is 16.1. The Hall–Kier alpha value is -1.95. The van der Waals surface area contributed by atoms with Crippen molar-refractivity contribution in [2.75, 3.05) is 18.8 Å². The Labute approximate surface area is 116 Å². The first-order valence-corrected chi connectivity index (χ1v) is 7.32. The average molecular weight is 299 g/mol. The van der Waals surface area contributed by atoms with E-state index in [0.29, 0.717) is 5.56 Å². The second kappa shape index (κ2) is 7.00. The molecule has 1 rings (SSSR count). The third-order valence-electron chi connectivity index (χ3n) is 2.22. The first-order valence-electron chi connectivity index (χ1n) is 5.60. The molecule has 8 heteroatoms. The molecule has 0 aromatic heterocycles. The van der Waals surface area contributed by atoms with Crippen LogP contribution in [0.1, 0.15) is 15.9 Å². The lowest BCUT2D eigenvalue weighted by Crippen LogP contribution is -2.31. The van der Waals surface area contributed by atoms with E-state index >= 15 is 0 Å². The monoisotopic (exact) mass is 299 g/mol. The standard InChI is InChI=1S/C12H14FN3O3S/c13-11-8-9(2-1-5-14)3-4-10(11)12(17)16-6-7-20(15,18)19/h3-4,8H,5-7,14H2,(H,16,17)(H2,15,18,19). The highest BCUT2D eigenvalue weighted by atomic mass is 32.2. The number of hydrogen-bond acceptors (Lipinski definition) is 4. The van der Waals surface area contributed by atoms with E-state index in [4.69, 9.17) is 10.9 Å².